The topological polar surface area (TPSA) is 38.9 Å². The third-order valence-corrected chi connectivity index (χ3v) is 7.51. The number of thiophene rings is 1. The predicted molar refractivity (Wildman–Crippen MR) is 87.2 cm³/mol. The van der Waals surface area contributed by atoms with Crippen molar-refractivity contribution in [3.8, 4) is 0 Å². The number of fused-ring (bicyclic) bond motifs is 1. The number of rotatable bonds is 2. The Morgan fingerprint density at radius 1 is 1.14 bits per heavy atom. The van der Waals surface area contributed by atoms with Crippen LogP contribution in [0, 0.1) is 23.2 Å². The Morgan fingerprint density at radius 3 is 2.43 bits per heavy atom. The molecule has 2 heterocycles. The molecule has 0 spiro atoms. The molecule has 0 amide bonds. The van der Waals surface area contributed by atoms with Gasteiger partial charge in [-0.25, -0.2) is 4.98 Å². The number of nitrogens with zero attached hydrogens (tertiary/aromatic N) is 1. The van der Waals surface area contributed by atoms with E-state index in [0.717, 1.165) is 22.6 Å². The van der Waals surface area contributed by atoms with Crippen LogP contribution in [0.25, 0.3) is 10.2 Å². The van der Waals surface area contributed by atoms with Gasteiger partial charge in [-0.15, -0.1) is 11.3 Å². The van der Waals surface area contributed by atoms with E-state index in [1.54, 1.807) is 0 Å². The predicted octanol–water partition coefficient (Wildman–Crippen LogP) is 4.51. The van der Waals surface area contributed by atoms with Crippen molar-refractivity contribution < 1.29 is 0 Å². The monoisotopic (exact) mass is 298 g/mol. The molecule has 0 saturated heterocycles. The molecular weight excluding hydrogens is 276 g/mol. The van der Waals surface area contributed by atoms with E-state index in [1.165, 1.54) is 48.8 Å². The van der Waals surface area contributed by atoms with Crippen molar-refractivity contribution >= 4 is 21.6 Å². The maximum absolute atomic E-state index is 6.84. The summed E-state index contributed by atoms with van der Waals surface area (Å²) in [6.07, 6.45) is 10.5. The molecule has 4 aliphatic carbocycles. The second-order valence-electron chi connectivity index (χ2n) is 7.80. The zero-order valence-electron chi connectivity index (χ0n) is 12.3. The second-order valence-corrected chi connectivity index (χ2v) is 8.87. The summed E-state index contributed by atoms with van der Waals surface area (Å²) in [5.41, 5.74) is 7.24. The fourth-order valence-corrected chi connectivity index (χ4v) is 7.05. The van der Waals surface area contributed by atoms with Gasteiger partial charge in [0, 0.05) is 22.5 Å². The Kier molecular flexibility index (Phi) is 2.58. The quantitative estimate of drug-likeness (QED) is 0.885. The van der Waals surface area contributed by atoms with Crippen LogP contribution in [0.3, 0.4) is 0 Å². The van der Waals surface area contributed by atoms with Crippen molar-refractivity contribution in [2.75, 3.05) is 0 Å². The first-order valence-electron chi connectivity index (χ1n) is 8.32. The maximum atomic E-state index is 6.84. The molecule has 1 atom stereocenters. The van der Waals surface area contributed by atoms with Gasteiger partial charge in [0.1, 0.15) is 4.83 Å². The molecule has 0 aliphatic heterocycles. The fraction of sp³-hybridized carbons (Fsp3) is 0.611. The molecule has 4 bridgehead atoms. The zero-order chi connectivity index (χ0) is 14.0. The minimum absolute atomic E-state index is 0.227. The van der Waals surface area contributed by atoms with Gasteiger partial charge in [-0.05, 0) is 73.8 Å². The number of nitrogens with two attached hydrogens (primary N) is 1. The second kappa shape index (κ2) is 4.30. The molecule has 4 fully saturated rings. The lowest BCUT2D eigenvalue weighted by Gasteiger charge is -2.58. The highest BCUT2D eigenvalue weighted by molar-refractivity contribution is 7.18. The third-order valence-electron chi connectivity index (χ3n) is 6.36. The summed E-state index contributed by atoms with van der Waals surface area (Å²) in [5, 5.41) is 1.26. The number of hydrogen-bond acceptors (Lipinski definition) is 3. The molecule has 2 N–H and O–H groups in total. The Labute approximate surface area is 129 Å². The summed E-state index contributed by atoms with van der Waals surface area (Å²) in [4.78, 5) is 7.01. The van der Waals surface area contributed by atoms with E-state index in [2.05, 4.69) is 17.1 Å². The van der Waals surface area contributed by atoms with E-state index in [-0.39, 0.29) is 6.04 Å². The third kappa shape index (κ3) is 1.83. The highest BCUT2D eigenvalue weighted by Gasteiger charge is 2.53. The van der Waals surface area contributed by atoms with Crippen molar-refractivity contribution in [3.05, 3.63) is 29.3 Å². The SMILES string of the molecule is NC(c1cc2cccnc2s1)C12CC3CC(CC(C3)C1)C2. The van der Waals surface area contributed by atoms with Crippen LogP contribution >= 0.6 is 11.3 Å². The van der Waals surface area contributed by atoms with Crippen molar-refractivity contribution in [2.24, 2.45) is 28.9 Å². The highest BCUT2D eigenvalue weighted by atomic mass is 32.1. The summed E-state index contributed by atoms with van der Waals surface area (Å²) in [6.45, 7) is 0. The lowest BCUT2D eigenvalue weighted by Crippen LogP contribution is -2.50. The van der Waals surface area contributed by atoms with Gasteiger partial charge < -0.3 is 5.73 Å². The average molecular weight is 298 g/mol. The van der Waals surface area contributed by atoms with Crippen molar-refractivity contribution in [1.29, 1.82) is 0 Å². The van der Waals surface area contributed by atoms with Gasteiger partial charge >= 0.3 is 0 Å². The molecule has 1 unspecified atom stereocenters. The van der Waals surface area contributed by atoms with Crippen molar-refractivity contribution in [2.45, 2.75) is 44.6 Å². The van der Waals surface area contributed by atoms with E-state index in [9.17, 15) is 0 Å². The van der Waals surface area contributed by atoms with Crippen LogP contribution < -0.4 is 5.73 Å². The van der Waals surface area contributed by atoms with Gasteiger partial charge in [-0.2, -0.15) is 0 Å². The smallest absolute Gasteiger partial charge is 0.123 e. The molecule has 21 heavy (non-hydrogen) atoms. The molecule has 0 radical (unpaired) electrons. The Hall–Kier alpha value is -0.930. The van der Waals surface area contributed by atoms with Gasteiger partial charge in [0.15, 0.2) is 0 Å². The first kappa shape index (κ1) is 12.6. The van der Waals surface area contributed by atoms with Gasteiger partial charge in [-0.1, -0.05) is 6.07 Å². The van der Waals surface area contributed by atoms with E-state index < -0.39 is 0 Å². The average Bonchev–Trinajstić information content (AvgIpc) is 2.88. The standard InChI is InChI=1S/C18H22N2S/c19-16(15-7-14-2-1-3-20-17(14)21-15)18-8-11-4-12(9-18)6-13(5-11)10-18/h1-3,7,11-13,16H,4-6,8-10,19H2. The first-order valence-corrected chi connectivity index (χ1v) is 9.13. The molecule has 2 nitrogen and oxygen atoms in total. The maximum Gasteiger partial charge on any atom is 0.123 e. The lowest BCUT2D eigenvalue weighted by atomic mass is 9.47. The minimum atomic E-state index is 0.227. The van der Waals surface area contributed by atoms with Crippen molar-refractivity contribution in [3.63, 3.8) is 0 Å². The van der Waals surface area contributed by atoms with Crippen LogP contribution in [0.4, 0.5) is 0 Å². The molecule has 4 aliphatic rings. The molecule has 2 aromatic heterocycles. The summed E-state index contributed by atoms with van der Waals surface area (Å²) in [5.74, 6) is 2.90. The summed E-state index contributed by atoms with van der Waals surface area (Å²) >= 11 is 1.82. The van der Waals surface area contributed by atoms with Crippen LogP contribution in [0.5, 0.6) is 0 Å². The van der Waals surface area contributed by atoms with Gasteiger partial charge in [0.2, 0.25) is 0 Å². The van der Waals surface area contributed by atoms with Gasteiger partial charge in [0.25, 0.3) is 0 Å². The molecule has 0 aromatic carbocycles. The molecular formula is C18H22N2S. The van der Waals surface area contributed by atoms with Crippen molar-refractivity contribution in [1.82, 2.24) is 4.98 Å². The van der Waals surface area contributed by atoms with E-state index in [0.29, 0.717) is 5.41 Å². The van der Waals surface area contributed by atoms with Gasteiger partial charge in [-0.3, -0.25) is 0 Å². The normalized spacial score (nSPS) is 39.0. The zero-order valence-corrected chi connectivity index (χ0v) is 13.1. The molecule has 4 saturated carbocycles. The van der Waals surface area contributed by atoms with Crippen LogP contribution in [0.1, 0.15) is 49.4 Å². The van der Waals surface area contributed by atoms with E-state index in [4.69, 9.17) is 5.73 Å². The van der Waals surface area contributed by atoms with Crippen LogP contribution in [-0.2, 0) is 0 Å². The Morgan fingerprint density at radius 2 is 1.81 bits per heavy atom. The fourth-order valence-electron chi connectivity index (χ4n) is 5.91. The van der Waals surface area contributed by atoms with E-state index in [1.807, 2.05) is 23.6 Å². The summed E-state index contributed by atoms with van der Waals surface area (Å²) < 4.78 is 0. The highest BCUT2D eigenvalue weighted by Crippen LogP contribution is 2.63. The molecule has 110 valence electrons. The van der Waals surface area contributed by atoms with Crippen LogP contribution in [-0.4, -0.2) is 4.98 Å². The van der Waals surface area contributed by atoms with E-state index >= 15 is 0 Å². The van der Waals surface area contributed by atoms with Crippen LogP contribution in [0.2, 0.25) is 0 Å². The lowest BCUT2D eigenvalue weighted by molar-refractivity contribution is -0.0671. The molecule has 2 aromatic rings. The Bertz CT molecular complexity index is 621. The largest absolute Gasteiger partial charge is 0.323 e. The number of aromatic nitrogens is 1. The number of pyridine rings is 1. The number of hydrogen-bond donors (Lipinski definition) is 1. The molecule has 3 heteroatoms. The first-order chi connectivity index (χ1) is 10.2. The Balaban J connectivity index is 1.54. The van der Waals surface area contributed by atoms with Gasteiger partial charge in [0.05, 0.1) is 0 Å². The summed E-state index contributed by atoms with van der Waals surface area (Å²) in [6, 6.07) is 6.71. The summed E-state index contributed by atoms with van der Waals surface area (Å²) in [7, 11) is 0. The molecule has 6 rings (SSSR count). The van der Waals surface area contributed by atoms with Crippen LogP contribution in [0.15, 0.2) is 24.4 Å². The minimum Gasteiger partial charge on any atom is -0.323 e.